The van der Waals surface area contributed by atoms with Crippen LogP contribution < -0.4 is 0 Å². The number of phenols is 1. The zero-order chi connectivity index (χ0) is 17.6. The molecule has 4 rings (SSSR count). The highest BCUT2D eigenvalue weighted by Gasteiger charge is 2.48. The molecule has 0 radical (unpaired) electrons. The lowest BCUT2D eigenvalue weighted by Gasteiger charge is -2.50. The molecule has 134 valence electrons. The van der Waals surface area contributed by atoms with Gasteiger partial charge in [-0.05, 0) is 63.0 Å². The smallest absolute Gasteiger partial charge is 0.122 e. The molecule has 0 aromatic heterocycles. The van der Waals surface area contributed by atoms with E-state index in [0.29, 0.717) is 11.7 Å². The molecule has 1 aromatic carbocycles. The van der Waals surface area contributed by atoms with Gasteiger partial charge in [-0.1, -0.05) is 36.8 Å². The molecule has 1 saturated carbocycles. The first-order valence-corrected chi connectivity index (χ1v) is 9.98. The molecular weight excluding hydrogens is 306 g/mol. The van der Waals surface area contributed by atoms with E-state index in [2.05, 4.69) is 36.6 Å². The van der Waals surface area contributed by atoms with Gasteiger partial charge in [0.05, 0.1) is 0 Å². The number of allylic oxidation sites excluding steroid dienone is 3. The molecule has 1 heterocycles. The zero-order valence-electron chi connectivity index (χ0n) is 15.8. The summed E-state index contributed by atoms with van der Waals surface area (Å²) in [6, 6.07) is 4.35. The SMILES string of the molecule is C=C1C2CCCC1(C/C(=C\C)N1CCCC1)c1c(ccc(C)c1O)C2. The number of aromatic hydroxyl groups is 1. The van der Waals surface area contributed by atoms with Crippen LogP contribution in [0.2, 0.25) is 0 Å². The second kappa shape index (κ2) is 6.23. The molecule has 1 aliphatic heterocycles. The van der Waals surface area contributed by atoms with Gasteiger partial charge in [-0.2, -0.15) is 0 Å². The third-order valence-electron chi connectivity index (χ3n) is 7.00. The van der Waals surface area contributed by atoms with E-state index in [4.69, 9.17) is 0 Å². The fourth-order valence-electron chi connectivity index (χ4n) is 5.59. The topological polar surface area (TPSA) is 23.5 Å². The van der Waals surface area contributed by atoms with E-state index in [-0.39, 0.29) is 5.41 Å². The van der Waals surface area contributed by atoms with Crippen molar-refractivity contribution >= 4 is 0 Å². The van der Waals surface area contributed by atoms with Gasteiger partial charge in [-0.25, -0.2) is 0 Å². The highest BCUT2D eigenvalue weighted by atomic mass is 16.3. The third-order valence-corrected chi connectivity index (χ3v) is 7.00. The summed E-state index contributed by atoms with van der Waals surface area (Å²) in [6.45, 7) is 11.2. The van der Waals surface area contributed by atoms with Crippen LogP contribution in [0.4, 0.5) is 0 Å². The number of likely N-dealkylation sites (tertiary alicyclic amines) is 1. The Morgan fingerprint density at radius 3 is 2.80 bits per heavy atom. The number of phenolic OH excluding ortho intramolecular Hbond substituents is 1. The lowest BCUT2D eigenvalue weighted by atomic mass is 9.55. The molecule has 2 nitrogen and oxygen atoms in total. The minimum Gasteiger partial charge on any atom is -0.507 e. The van der Waals surface area contributed by atoms with Crippen molar-refractivity contribution in [2.45, 2.75) is 64.2 Å². The Morgan fingerprint density at radius 1 is 1.32 bits per heavy atom. The van der Waals surface area contributed by atoms with Gasteiger partial charge in [-0.3, -0.25) is 0 Å². The normalized spacial score (nSPS) is 29.0. The van der Waals surface area contributed by atoms with Gasteiger partial charge in [0.15, 0.2) is 0 Å². The lowest BCUT2D eigenvalue weighted by molar-refractivity contribution is 0.262. The molecule has 25 heavy (non-hydrogen) atoms. The monoisotopic (exact) mass is 337 g/mol. The lowest BCUT2D eigenvalue weighted by Crippen LogP contribution is -2.42. The van der Waals surface area contributed by atoms with E-state index in [1.165, 1.54) is 61.2 Å². The molecule has 2 fully saturated rings. The summed E-state index contributed by atoms with van der Waals surface area (Å²) in [5.41, 5.74) is 6.32. The van der Waals surface area contributed by atoms with Gasteiger partial charge in [-0.15, -0.1) is 0 Å². The Morgan fingerprint density at radius 2 is 2.08 bits per heavy atom. The molecule has 2 unspecified atom stereocenters. The van der Waals surface area contributed by atoms with E-state index < -0.39 is 0 Å². The minimum absolute atomic E-state index is 0.0724. The third kappa shape index (κ3) is 2.53. The predicted octanol–water partition coefficient (Wildman–Crippen LogP) is 5.24. The van der Waals surface area contributed by atoms with E-state index in [9.17, 15) is 5.11 Å². The molecule has 2 bridgehead atoms. The van der Waals surface area contributed by atoms with Gasteiger partial charge < -0.3 is 10.0 Å². The maximum absolute atomic E-state index is 11.0. The summed E-state index contributed by atoms with van der Waals surface area (Å²) < 4.78 is 0. The molecule has 1 aromatic rings. The Hall–Kier alpha value is -1.70. The molecule has 3 aliphatic rings. The van der Waals surface area contributed by atoms with Crippen LogP contribution in [-0.4, -0.2) is 23.1 Å². The Bertz CT molecular complexity index is 726. The van der Waals surface area contributed by atoms with Gasteiger partial charge in [0.2, 0.25) is 0 Å². The molecular formula is C23H31NO. The van der Waals surface area contributed by atoms with Crippen LogP contribution in [0.3, 0.4) is 0 Å². The number of rotatable bonds is 3. The van der Waals surface area contributed by atoms with Crippen LogP contribution >= 0.6 is 0 Å². The van der Waals surface area contributed by atoms with Crippen LogP contribution in [0.1, 0.15) is 62.1 Å². The summed E-state index contributed by atoms with van der Waals surface area (Å²) in [4.78, 5) is 2.56. The first kappa shape index (κ1) is 16.8. The number of benzene rings is 1. The first-order chi connectivity index (χ1) is 12.1. The van der Waals surface area contributed by atoms with Crippen molar-refractivity contribution in [1.29, 1.82) is 0 Å². The highest BCUT2D eigenvalue weighted by molar-refractivity contribution is 5.57. The Balaban J connectivity index is 1.83. The van der Waals surface area contributed by atoms with Crippen LogP contribution in [0.5, 0.6) is 5.75 Å². The molecule has 2 aliphatic carbocycles. The summed E-state index contributed by atoms with van der Waals surface area (Å²) in [5, 5.41) is 11.0. The van der Waals surface area contributed by atoms with Crippen molar-refractivity contribution in [2.75, 3.05) is 13.1 Å². The van der Waals surface area contributed by atoms with Crippen LogP contribution in [0, 0.1) is 12.8 Å². The fraction of sp³-hybridized carbons (Fsp3) is 0.565. The number of nitrogens with zero attached hydrogens (tertiary/aromatic N) is 1. The first-order valence-electron chi connectivity index (χ1n) is 9.98. The summed E-state index contributed by atoms with van der Waals surface area (Å²) >= 11 is 0. The van der Waals surface area contributed by atoms with E-state index in [0.717, 1.165) is 24.8 Å². The maximum atomic E-state index is 11.0. The van der Waals surface area contributed by atoms with E-state index in [1.807, 2.05) is 6.92 Å². The second-order valence-electron chi connectivity index (χ2n) is 8.32. The average Bonchev–Trinajstić information content (AvgIpc) is 3.12. The van der Waals surface area contributed by atoms with Crippen LogP contribution in [-0.2, 0) is 11.8 Å². The maximum Gasteiger partial charge on any atom is 0.122 e. The van der Waals surface area contributed by atoms with Crippen LogP contribution in [0.15, 0.2) is 36.1 Å². The van der Waals surface area contributed by atoms with Crippen molar-refractivity contribution in [3.8, 4) is 5.75 Å². The number of fused-ring (bicyclic) bond motifs is 4. The van der Waals surface area contributed by atoms with E-state index in [1.54, 1.807) is 0 Å². The van der Waals surface area contributed by atoms with Crippen molar-refractivity contribution in [3.63, 3.8) is 0 Å². The second-order valence-corrected chi connectivity index (χ2v) is 8.32. The van der Waals surface area contributed by atoms with Gasteiger partial charge in [0.1, 0.15) is 5.75 Å². The van der Waals surface area contributed by atoms with Crippen molar-refractivity contribution in [1.82, 2.24) is 4.90 Å². The molecule has 0 spiro atoms. The number of hydrogen-bond donors (Lipinski definition) is 1. The Labute approximate surface area is 152 Å². The van der Waals surface area contributed by atoms with Gasteiger partial charge >= 0.3 is 0 Å². The standard InChI is InChI=1S/C23H31NO/c1-4-20(24-12-5-6-13-24)15-23-11-7-8-18(17(23)3)14-19-10-9-16(2)22(25)21(19)23/h4,9-10,18,25H,3,5-8,11-15H2,1-2H3/b20-4+. The quantitative estimate of drug-likeness (QED) is 0.762. The van der Waals surface area contributed by atoms with Gasteiger partial charge in [0, 0.05) is 36.2 Å². The fourth-order valence-corrected chi connectivity index (χ4v) is 5.59. The highest BCUT2D eigenvalue weighted by Crippen LogP contribution is 2.57. The van der Waals surface area contributed by atoms with Gasteiger partial charge in [0.25, 0.3) is 0 Å². The summed E-state index contributed by atoms with van der Waals surface area (Å²) in [6.07, 6.45) is 10.6. The van der Waals surface area contributed by atoms with Crippen molar-refractivity contribution in [2.24, 2.45) is 5.92 Å². The molecule has 1 saturated heterocycles. The molecule has 1 N–H and O–H groups in total. The zero-order valence-corrected chi connectivity index (χ0v) is 15.8. The molecule has 2 atom stereocenters. The van der Waals surface area contributed by atoms with Crippen molar-refractivity contribution < 1.29 is 5.11 Å². The Kier molecular flexibility index (Phi) is 4.17. The molecule has 2 heteroatoms. The van der Waals surface area contributed by atoms with E-state index >= 15 is 0 Å². The van der Waals surface area contributed by atoms with Crippen LogP contribution in [0.25, 0.3) is 0 Å². The minimum atomic E-state index is -0.0724. The number of hydrogen-bond acceptors (Lipinski definition) is 2. The predicted molar refractivity (Wildman–Crippen MR) is 104 cm³/mol. The largest absolute Gasteiger partial charge is 0.507 e. The van der Waals surface area contributed by atoms with Crippen molar-refractivity contribution in [3.05, 3.63) is 52.7 Å². The summed E-state index contributed by atoms with van der Waals surface area (Å²) in [7, 11) is 0. The summed E-state index contributed by atoms with van der Waals surface area (Å²) in [5.74, 6) is 1.11. The number of aryl methyl sites for hydroxylation is 1. The molecule has 0 amide bonds. The average molecular weight is 338 g/mol.